The number of benzene rings is 1. The van der Waals surface area contributed by atoms with E-state index in [0.29, 0.717) is 5.69 Å². The number of anilines is 1. The molecule has 5 heteroatoms. The lowest BCUT2D eigenvalue weighted by atomic mass is 10.2. The Balaban J connectivity index is 2.38. The Morgan fingerprint density at radius 1 is 1.29 bits per heavy atom. The highest BCUT2D eigenvalue weighted by molar-refractivity contribution is 7.91. The average molecular weight is 267 g/mol. The Morgan fingerprint density at radius 3 is 2.65 bits per heavy atom. The summed E-state index contributed by atoms with van der Waals surface area (Å²) in [5.74, 6) is 0.0118. The van der Waals surface area contributed by atoms with E-state index in [1.807, 2.05) is 24.4 Å². The van der Waals surface area contributed by atoms with E-state index >= 15 is 0 Å². The van der Waals surface area contributed by atoms with Gasteiger partial charge in [-0.3, -0.25) is 0 Å². The summed E-state index contributed by atoms with van der Waals surface area (Å²) in [5.41, 5.74) is 7.04. The summed E-state index contributed by atoms with van der Waals surface area (Å²) in [7, 11) is -3.35. The molecule has 2 aromatic rings. The molecule has 0 fully saturated rings. The van der Waals surface area contributed by atoms with Crippen LogP contribution in [0.15, 0.2) is 40.6 Å². The third-order valence-corrected chi connectivity index (χ3v) is 5.20. The predicted octanol–water partition coefficient (Wildman–Crippen LogP) is 2.61. The second-order valence-electron chi connectivity index (χ2n) is 3.88. The van der Waals surface area contributed by atoms with Gasteiger partial charge in [-0.1, -0.05) is 12.1 Å². The van der Waals surface area contributed by atoms with Gasteiger partial charge in [0.1, 0.15) is 0 Å². The van der Waals surface area contributed by atoms with E-state index in [9.17, 15) is 8.42 Å². The quantitative estimate of drug-likeness (QED) is 0.870. The van der Waals surface area contributed by atoms with Crippen molar-refractivity contribution in [1.29, 1.82) is 0 Å². The maximum absolute atomic E-state index is 12.2. The number of hydrogen-bond acceptors (Lipinski definition) is 4. The second kappa shape index (κ2) is 4.50. The summed E-state index contributed by atoms with van der Waals surface area (Å²) < 4.78 is 24.3. The summed E-state index contributed by atoms with van der Waals surface area (Å²) in [6.45, 7) is 1.88. The fourth-order valence-corrected chi connectivity index (χ4v) is 4.16. The fourth-order valence-electron chi connectivity index (χ4n) is 1.61. The van der Waals surface area contributed by atoms with Gasteiger partial charge in [-0.15, -0.1) is 11.3 Å². The van der Waals surface area contributed by atoms with Gasteiger partial charge < -0.3 is 5.73 Å². The van der Waals surface area contributed by atoms with Crippen LogP contribution in [-0.4, -0.2) is 8.42 Å². The average Bonchev–Trinajstić information content (AvgIpc) is 2.68. The van der Waals surface area contributed by atoms with Crippen molar-refractivity contribution < 1.29 is 8.42 Å². The van der Waals surface area contributed by atoms with Crippen molar-refractivity contribution in [2.45, 2.75) is 17.6 Å². The van der Waals surface area contributed by atoms with Crippen molar-refractivity contribution in [3.8, 4) is 0 Å². The third kappa shape index (κ3) is 2.68. The predicted molar refractivity (Wildman–Crippen MR) is 70.8 cm³/mol. The molecular weight excluding hydrogens is 254 g/mol. The van der Waals surface area contributed by atoms with E-state index in [1.54, 1.807) is 18.2 Å². The maximum atomic E-state index is 12.2. The molecule has 0 saturated carbocycles. The van der Waals surface area contributed by atoms with Gasteiger partial charge in [-0.2, -0.15) is 0 Å². The number of sulfone groups is 1. The van der Waals surface area contributed by atoms with Gasteiger partial charge in [0.2, 0.25) is 0 Å². The SMILES string of the molecule is Cc1ccc(S(=O)(=O)Cc2cccs2)c(N)c1. The molecule has 0 spiro atoms. The first-order chi connectivity index (χ1) is 7.99. The monoisotopic (exact) mass is 267 g/mol. The number of nitrogen functional groups attached to an aromatic ring is 1. The molecule has 0 aliphatic carbocycles. The molecule has 90 valence electrons. The highest BCUT2D eigenvalue weighted by Crippen LogP contribution is 2.24. The van der Waals surface area contributed by atoms with Crippen molar-refractivity contribution in [2.75, 3.05) is 5.73 Å². The summed E-state index contributed by atoms with van der Waals surface area (Å²) in [5, 5.41) is 1.86. The number of thiophene rings is 1. The normalized spacial score (nSPS) is 11.6. The number of aryl methyl sites for hydroxylation is 1. The van der Waals surface area contributed by atoms with Crippen LogP contribution in [0, 0.1) is 6.92 Å². The molecule has 0 amide bonds. The zero-order chi connectivity index (χ0) is 12.5. The molecule has 0 bridgehead atoms. The van der Waals surface area contributed by atoms with Crippen molar-refractivity contribution in [3.63, 3.8) is 0 Å². The van der Waals surface area contributed by atoms with E-state index in [4.69, 9.17) is 5.73 Å². The van der Waals surface area contributed by atoms with Gasteiger partial charge in [0.25, 0.3) is 0 Å². The molecule has 0 unspecified atom stereocenters. The van der Waals surface area contributed by atoms with E-state index in [-0.39, 0.29) is 10.6 Å². The van der Waals surface area contributed by atoms with Crippen molar-refractivity contribution in [1.82, 2.24) is 0 Å². The topological polar surface area (TPSA) is 60.2 Å². The number of rotatable bonds is 3. The van der Waals surface area contributed by atoms with Crippen LogP contribution in [0.25, 0.3) is 0 Å². The summed E-state index contributed by atoms with van der Waals surface area (Å²) in [4.78, 5) is 1.04. The first-order valence-electron chi connectivity index (χ1n) is 5.10. The Morgan fingerprint density at radius 2 is 2.06 bits per heavy atom. The highest BCUT2D eigenvalue weighted by atomic mass is 32.2. The highest BCUT2D eigenvalue weighted by Gasteiger charge is 2.18. The largest absolute Gasteiger partial charge is 0.398 e. The smallest absolute Gasteiger partial charge is 0.185 e. The van der Waals surface area contributed by atoms with Gasteiger partial charge in [-0.05, 0) is 36.1 Å². The molecule has 1 heterocycles. The van der Waals surface area contributed by atoms with Crippen LogP contribution in [0.1, 0.15) is 10.4 Å². The van der Waals surface area contributed by atoms with Crippen LogP contribution in [0.5, 0.6) is 0 Å². The van der Waals surface area contributed by atoms with Crippen LogP contribution in [0.3, 0.4) is 0 Å². The Kier molecular flexibility index (Phi) is 3.22. The molecular formula is C12H13NO2S2. The summed E-state index contributed by atoms with van der Waals surface area (Å²) >= 11 is 1.43. The van der Waals surface area contributed by atoms with Crippen LogP contribution >= 0.6 is 11.3 Å². The zero-order valence-electron chi connectivity index (χ0n) is 9.38. The van der Waals surface area contributed by atoms with Crippen molar-refractivity contribution >= 4 is 26.9 Å². The number of nitrogens with two attached hydrogens (primary N) is 1. The lowest BCUT2D eigenvalue weighted by molar-refractivity contribution is 0.596. The van der Waals surface area contributed by atoms with Crippen molar-refractivity contribution in [3.05, 3.63) is 46.2 Å². The van der Waals surface area contributed by atoms with Gasteiger partial charge in [0.05, 0.1) is 16.3 Å². The molecule has 1 aromatic carbocycles. The molecule has 0 aliphatic rings. The van der Waals surface area contributed by atoms with E-state index in [0.717, 1.165) is 10.4 Å². The van der Waals surface area contributed by atoms with E-state index < -0.39 is 9.84 Å². The maximum Gasteiger partial charge on any atom is 0.185 e. The zero-order valence-corrected chi connectivity index (χ0v) is 11.0. The van der Waals surface area contributed by atoms with Gasteiger partial charge in [0.15, 0.2) is 9.84 Å². The minimum absolute atomic E-state index is 0.0118. The molecule has 0 atom stereocenters. The summed E-state index contributed by atoms with van der Waals surface area (Å²) in [6, 6.07) is 8.67. The Hall–Kier alpha value is -1.33. The lowest BCUT2D eigenvalue weighted by Crippen LogP contribution is -2.07. The Labute approximate surface area is 105 Å². The molecule has 1 aromatic heterocycles. The third-order valence-electron chi connectivity index (χ3n) is 2.41. The lowest BCUT2D eigenvalue weighted by Gasteiger charge is -2.07. The standard InChI is InChI=1S/C12H13NO2S2/c1-9-4-5-12(11(13)7-9)17(14,15)8-10-3-2-6-16-10/h2-7H,8,13H2,1H3. The van der Waals surface area contributed by atoms with Crippen LogP contribution in [0.4, 0.5) is 5.69 Å². The second-order valence-corrected chi connectivity index (χ2v) is 6.87. The first kappa shape index (κ1) is 12.1. The molecule has 17 heavy (non-hydrogen) atoms. The van der Waals surface area contributed by atoms with Crippen LogP contribution in [0.2, 0.25) is 0 Å². The summed E-state index contributed by atoms with van der Waals surface area (Å²) in [6.07, 6.45) is 0. The molecule has 0 saturated heterocycles. The van der Waals surface area contributed by atoms with Gasteiger partial charge >= 0.3 is 0 Å². The van der Waals surface area contributed by atoms with E-state index in [1.165, 1.54) is 11.3 Å². The van der Waals surface area contributed by atoms with Crippen LogP contribution < -0.4 is 5.73 Å². The minimum Gasteiger partial charge on any atom is -0.398 e. The molecule has 0 aliphatic heterocycles. The molecule has 2 rings (SSSR count). The Bertz CT molecular complexity index is 616. The first-order valence-corrected chi connectivity index (χ1v) is 7.63. The molecule has 0 radical (unpaired) electrons. The fraction of sp³-hybridized carbons (Fsp3) is 0.167. The van der Waals surface area contributed by atoms with E-state index in [2.05, 4.69) is 0 Å². The minimum atomic E-state index is -3.35. The van der Waals surface area contributed by atoms with Gasteiger partial charge in [-0.25, -0.2) is 8.42 Å². The van der Waals surface area contributed by atoms with Gasteiger partial charge in [0, 0.05) is 4.88 Å². The molecule has 3 nitrogen and oxygen atoms in total. The number of hydrogen-bond donors (Lipinski definition) is 1. The van der Waals surface area contributed by atoms with Crippen LogP contribution in [-0.2, 0) is 15.6 Å². The van der Waals surface area contributed by atoms with Crippen molar-refractivity contribution in [2.24, 2.45) is 0 Å². The molecule has 2 N–H and O–H groups in total.